The number of nitrogens with zero attached hydrogens (tertiary/aromatic N) is 1. The molecule has 25 heavy (non-hydrogen) atoms. The normalized spacial score (nSPS) is 14.0. The number of aromatic nitrogens is 1. The number of anilines is 3. The first-order valence-corrected chi connectivity index (χ1v) is 9.31. The summed E-state index contributed by atoms with van der Waals surface area (Å²) >= 11 is 0. The summed E-state index contributed by atoms with van der Waals surface area (Å²) in [5.41, 5.74) is 1.57. The summed E-state index contributed by atoms with van der Waals surface area (Å²) in [5, 5.41) is 5.89. The van der Waals surface area contributed by atoms with E-state index >= 15 is 0 Å². The highest BCUT2D eigenvalue weighted by atomic mass is 32.2. The maximum absolute atomic E-state index is 12.5. The van der Waals surface area contributed by atoms with Crippen molar-refractivity contribution in [2.75, 3.05) is 15.4 Å². The van der Waals surface area contributed by atoms with E-state index in [2.05, 4.69) is 20.3 Å². The first kappa shape index (κ1) is 17.2. The number of hydrogen-bond donors (Lipinski definition) is 3. The fourth-order valence-electron chi connectivity index (χ4n) is 2.50. The number of sulfonamides is 1. The highest BCUT2D eigenvalue weighted by Crippen LogP contribution is 2.27. The first-order valence-electron chi connectivity index (χ1n) is 7.82. The number of fused-ring (bicyclic) bond motifs is 1. The largest absolute Gasteiger partial charge is 0.365 e. The maximum atomic E-state index is 12.5. The molecule has 0 atom stereocenters. The van der Waals surface area contributed by atoms with E-state index < -0.39 is 10.0 Å². The predicted octanol–water partition coefficient (Wildman–Crippen LogP) is 2.59. The van der Waals surface area contributed by atoms with Crippen molar-refractivity contribution in [1.29, 1.82) is 0 Å². The summed E-state index contributed by atoms with van der Waals surface area (Å²) < 4.78 is 27.6. The van der Waals surface area contributed by atoms with E-state index in [1.165, 1.54) is 18.3 Å². The lowest BCUT2D eigenvalue weighted by molar-refractivity contribution is -0.115. The molecule has 7 nitrogen and oxygen atoms in total. The number of carbonyl (C=O) groups is 1. The summed E-state index contributed by atoms with van der Waals surface area (Å²) in [7, 11) is -3.75. The monoisotopic (exact) mass is 360 g/mol. The van der Waals surface area contributed by atoms with Crippen LogP contribution in [0, 0.1) is 0 Å². The Balaban J connectivity index is 1.78. The van der Waals surface area contributed by atoms with Crippen molar-refractivity contribution in [2.45, 2.75) is 37.6 Å². The SMILES string of the molecule is CC(C)(C)Nc1ccc(NS(=O)(=O)c2ccc3c(c2)CC(=O)N3)cn1. The van der Waals surface area contributed by atoms with Gasteiger partial charge in [-0.25, -0.2) is 13.4 Å². The van der Waals surface area contributed by atoms with Gasteiger partial charge in [0.2, 0.25) is 5.91 Å². The smallest absolute Gasteiger partial charge is 0.261 e. The fourth-order valence-corrected chi connectivity index (χ4v) is 3.59. The van der Waals surface area contributed by atoms with Gasteiger partial charge in [-0.2, -0.15) is 0 Å². The first-order chi connectivity index (χ1) is 11.6. The van der Waals surface area contributed by atoms with E-state index in [9.17, 15) is 13.2 Å². The van der Waals surface area contributed by atoms with Crippen LogP contribution in [0.4, 0.5) is 17.2 Å². The highest BCUT2D eigenvalue weighted by molar-refractivity contribution is 7.92. The molecule has 0 aliphatic carbocycles. The summed E-state index contributed by atoms with van der Waals surface area (Å²) in [6.45, 7) is 6.04. The topological polar surface area (TPSA) is 100 Å². The van der Waals surface area contributed by atoms with Crippen LogP contribution < -0.4 is 15.4 Å². The number of hydrogen-bond acceptors (Lipinski definition) is 5. The molecule has 1 amide bonds. The number of benzene rings is 1. The number of nitrogens with one attached hydrogen (secondary N) is 3. The Bertz CT molecular complexity index is 916. The maximum Gasteiger partial charge on any atom is 0.261 e. The molecule has 1 aliphatic rings. The molecule has 0 fully saturated rings. The van der Waals surface area contributed by atoms with Crippen molar-refractivity contribution >= 4 is 33.1 Å². The van der Waals surface area contributed by atoms with Crippen molar-refractivity contribution in [3.8, 4) is 0 Å². The molecule has 2 aromatic rings. The van der Waals surface area contributed by atoms with Crippen molar-refractivity contribution in [3.05, 3.63) is 42.1 Å². The number of carbonyl (C=O) groups excluding carboxylic acids is 1. The summed E-state index contributed by atoms with van der Waals surface area (Å²) in [6.07, 6.45) is 1.65. The molecule has 3 rings (SSSR count). The minimum atomic E-state index is -3.75. The molecule has 8 heteroatoms. The van der Waals surface area contributed by atoms with Crippen molar-refractivity contribution in [2.24, 2.45) is 0 Å². The average molecular weight is 360 g/mol. The van der Waals surface area contributed by atoms with Gasteiger partial charge in [0.1, 0.15) is 5.82 Å². The zero-order valence-electron chi connectivity index (χ0n) is 14.3. The van der Waals surface area contributed by atoms with E-state index in [-0.39, 0.29) is 22.8 Å². The minimum absolute atomic E-state index is 0.111. The highest BCUT2D eigenvalue weighted by Gasteiger charge is 2.22. The van der Waals surface area contributed by atoms with Gasteiger partial charge < -0.3 is 10.6 Å². The van der Waals surface area contributed by atoms with E-state index in [0.29, 0.717) is 22.8 Å². The molecule has 1 aromatic carbocycles. The van der Waals surface area contributed by atoms with Crippen LogP contribution >= 0.6 is 0 Å². The van der Waals surface area contributed by atoms with E-state index in [1.807, 2.05) is 20.8 Å². The second kappa shape index (κ2) is 6.03. The van der Waals surface area contributed by atoms with Crippen LogP contribution in [0.2, 0.25) is 0 Å². The van der Waals surface area contributed by atoms with Crippen LogP contribution in [-0.2, 0) is 21.2 Å². The molecule has 132 valence electrons. The Morgan fingerprint density at radius 3 is 2.56 bits per heavy atom. The lowest BCUT2D eigenvalue weighted by Gasteiger charge is -2.21. The molecule has 0 bridgehead atoms. The Labute approximate surface area is 146 Å². The molecule has 0 radical (unpaired) electrons. The lowest BCUT2D eigenvalue weighted by atomic mass is 10.1. The molecule has 1 aromatic heterocycles. The van der Waals surface area contributed by atoms with Gasteiger partial charge in [0, 0.05) is 11.2 Å². The van der Waals surface area contributed by atoms with Crippen molar-refractivity contribution in [3.63, 3.8) is 0 Å². The molecule has 0 saturated heterocycles. The van der Waals surface area contributed by atoms with Crippen LogP contribution in [0.15, 0.2) is 41.4 Å². The van der Waals surface area contributed by atoms with E-state index in [4.69, 9.17) is 0 Å². The third-order valence-corrected chi connectivity index (χ3v) is 4.91. The van der Waals surface area contributed by atoms with Gasteiger partial charge in [0.15, 0.2) is 0 Å². The standard InChI is InChI=1S/C17H20N4O3S/c1-17(2,3)20-15-7-4-12(10-18-15)21-25(23,24)13-5-6-14-11(8-13)9-16(22)19-14/h4-8,10,21H,9H2,1-3H3,(H,18,20)(H,19,22). The molecular formula is C17H20N4O3S. The number of amides is 1. The second-order valence-corrected chi connectivity index (χ2v) is 8.64. The van der Waals surface area contributed by atoms with Crippen LogP contribution in [0.1, 0.15) is 26.3 Å². The molecular weight excluding hydrogens is 340 g/mol. The third-order valence-electron chi connectivity index (χ3n) is 3.53. The van der Waals surface area contributed by atoms with Crippen LogP contribution in [0.5, 0.6) is 0 Å². The molecule has 3 N–H and O–H groups in total. The van der Waals surface area contributed by atoms with Crippen LogP contribution in [0.25, 0.3) is 0 Å². The molecule has 0 saturated carbocycles. The van der Waals surface area contributed by atoms with Gasteiger partial charge in [-0.1, -0.05) is 0 Å². The van der Waals surface area contributed by atoms with Gasteiger partial charge in [-0.15, -0.1) is 0 Å². The quantitative estimate of drug-likeness (QED) is 0.778. The zero-order chi connectivity index (χ0) is 18.2. The zero-order valence-corrected chi connectivity index (χ0v) is 15.1. The van der Waals surface area contributed by atoms with Gasteiger partial charge in [0.25, 0.3) is 10.0 Å². The second-order valence-electron chi connectivity index (χ2n) is 6.96. The number of rotatable bonds is 4. The number of pyridine rings is 1. The van der Waals surface area contributed by atoms with Gasteiger partial charge in [-0.3, -0.25) is 9.52 Å². The van der Waals surface area contributed by atoms with E-state index in [1.54, 1.807) is 18.2 Å². The van der Waals surface area contributed by atoms with Crippen LogP contribution in [-0.4, -0.2) is 24.8 Å². The van der Waals surface area contributed by atoms with E-state index in [0.717, 1.165) is 0 Å². The Morgan fingerprint density at radius 2 is 1.92 bits per heavy atom. The minimum Gasteiger partial charge on any atom is -0.365 e. The summed E-state index contributed by atoms with van der Waals surface area (Å²) in [4.78, 5) is 15.7. The van der Waals surface area contributed by atoms with Crippen LogP contribution in [0.3, 0.4) is 0 Å². The van der Waals surface area contributed by atoms with Gasteiger partial charge in [-0.05, 0) is 56.7 Å². The fraction of sp³-hybridized carbons (Fsp3) is 0.294. The van der Waals surface area contributed by atoms with Crippen molar-refractivity contribution in [1.82, 2.24) is 4.98 Å². The van der Waals surface area contributed by atoms with Gasteiger partial charge in [0.05, 0.1) is 23.2 Å². The molecule has 0 spiro atoms. The molecule has 1 aliphatic heterocycles. The summed E-state index contributed by atoms with van der Waals surface area (Å²) in [6, 6.07) is 7.95. The predicted molar refractivity (Wildman–Crippen MR) is 97.2 cm³/mol. The molecule has 2 heterocycles. The molecule has 0 unspecified atom stereocenters. The average Bonchev–Trinajstić information content (AvgIpc) is 2.86. The lowest BCUT2D eigenvalue weighted by Crippen LogP contribution is -2.26. The Kier molecular flexibility index (Phi) is 4.16. The summed E-state index contributed by atoms with van der Waals surface area (Å²) in [5.74, 6) is 0.529. The Morgan fingerprint density at radius 1 is 1.16 bits per heavy atom. The third kappa shape index (κ3) is 4.08. The van der Waals surface area contributed by atoms with Crippen molar-refractivity contribution < 1.29 is 13.2 Å². The van der Waals surface area contributed by atoms with Gasteiger partial charge >= 0.3 is 0 Å². The Hall–Kier alpha value is -2.61.